The largest absolute Gasteiger partial charge is 0.462 e. The van der Waals surface area contributed by atoms with E-state index in [0.29, 0.717) is 17.0 Å². The van der Waals surface area contributed by atoms with Gasteiger partial charge < -0.3 is 34.7 Å². The Morgan fingerprint density at radius 3 is 2.49 bits per heavy atom. The van der Waals surface area contributed by atoms with Gasteiger partial charge in [-0.05, 0) is 39.8 Å². The summed E-state index contributed by atoms with van der Waals surface area (Å²) in [6.07, 6.45) is -0.993. The second-order valence-corrected chi connectivity index (χ2v) is 10.7. The lowest BCUT2D eigenvalue weighted by atomic mass is 10.1. The molecule has 0 radical (unpaired) electrons. The van der Waals surface area contributed by atoms with Gasteiger partial charge in [0, 0.05) is 14.2 Å². The zero-order chi connectivity index (χ0) is 28.7. The topological polar surface area (TPSA) is 185 Å². The van der Waals surface area contributed by atoms with Crippen molar-refractivity contribution in [3.8, 4) is 5.75 Å². The molecule has 3 rings (SSSR count). The van der Waals surface area contributed by atoms with Crippen LogP contribution >= 0.6 is 7.75 Å². The molecule has 0 aliphatic heterocycles. The van der Waals surface area contributed by atoms with Crippen molar-refractivity contribution < 1.29 is 33.0 Å². The number of benzene rings is 1. The van der Waals surface area contributed by atoms with Gasteiger partial charge in [0.05, 0.1) is 25.1 Å². The normalized spacial score (nSPS) is 16.3. The van der Waals surface area contributed by atoms with Crippen LogP contribution in [0.15, 0.2) is 36.7 Å². The van der Waals surface area contributed by atoms with Crippen molar-refractivity contribution in [2.75, 3.05) is 31.8 Å². The summed E-state index contributed by atoms with van der Waals surface area (Å²) < 4.78 is 37.4. The van der Waals surface area contributed by atoms with Gasteiger partial charge in [-0.2, -0.15) is 15.1 Å². The highest BCUT2D eigenvalue weighted by Crippen LogP contribution is 2.45. The molecule has 5 atom stereocenters. The van der Waals surface area contributed by atoms with Crippen molar-refractivity contribution in [1.29, 1.82) is 0 Å². The monoisotopic (exact) mass is 565 g/mol. The van der Waals surface area contributed by atoms with E-state index >= 15 is 0 Å². The Hall–Kier alpha value is -3.29. The van der Waals surface area contributed by atoms with Gasteiger partial charge in [-0.25, -0.2) is 9.55 Å². The number of fused-ring (bicyclic) bond motifs is 1. The van der Waals surface area contributed by atoms with Gasteiger partial charge in [-0.1, -0.05) is 18.2 Å². The summed E-state index contributed by atoms with van der Waals surface area (Å²) in [5.74, 6) is 0.108. The molecule has 0 spiro atoms. The molecule has 0 bridgehead atoms. The van der Waals surface area contributed by atoms with E-state index in [0.717, 1.165) is 0 Å². The lowest BCUT2D eigenvalue weighted by molar-refractivity contribution is -0.149. The van der Waals surface area contributed by atoms with Crippen molar-refractivity contribution >= 4 is 36.6 Å². The van der Waals surface area contributed by atoms with Crippen molar-refractivity contribution in [2.45, 2.75) is 58.1 Å². The number of ether oxygens (including phenoxy) is 2. The second kappa shape index (κ2) is 13.2. The van der Waals surface area contributed by atoms with Gasteiger partial charge in [0.2, 0.25) is 5.95 Å². The van der Waals surface area contributed by atoms with E-state index in [4.69, 9.17) is 24.3 Å². The zero-order valence-corrected chi connectivity index (χ0v) is 23.7. The minimum absolute atomic E-state index is 0.0390. The molecule has 0 aliphatic carbocycles. The molecule has 2 heterocycles. The number of methoxy groups -OCH3 is 1. The van der Waals surface area contributed by atoms with Crippen LogP contribution in [0.1, 0.15) is 33.7 Å². The summed E-state index contributed by atoms with van der Waals surface area (Å²) in [7, 11) is -1.09. The lowest BCUT2D eigenvalue weighted by Gasteiger charge is -2.29. The van der Waals surface area contributed by atoms with Crippen LogP contribution < -0.4 is 20.7 Å². The number of aliphatic hydroxyl groups is 1. The molecule has 2 unspecified atom stereocenters. The number of rotatable bonds is 14. The average molecular weight is 566 g/mol. The number of anilines is 2. The maximum absolute atomic E-state index is 13.8. The molecule has 15 heteroatoms. The number of hydrogen-bond acceptors (Lipinski definition) is 12. The number of aromatic nitrogens is 4. The molecule has 0 aliphatic rings. The van der Waals surface area contributed by atoms with Gasteiger partial charge >= 0.3 is 13.7 Å². The Morgan fingerprint density at radius 1 is 1.18 bits per heavy atom. The van der Waals surface area contributed by atoms with E-state index in [1.165, 1.54) is 20.4 Å². The number of aliphatic hydroxyl groups excluding tert-OH is 1. The van der Waals surface area contributed by atoms with Crippen LogP contribution in [0.25, 0.3) is 11.2 Å². The minimum atomic E-state index is -4.15. The Labute approximate surface area is 226 Å². The maximum Gasteiger partial charge on any atom is 0.459 e. The van der Waals surface area contributed by atoms with Gasteiger partial charge in [-0.15, -0.1) is 0 Å². The van der Waals surface area contributed by atoms with Crippen LogP contribution in [0.3, 0.4) is 0 Å². The van der Waals surface area contributed by atoms with Crippen LogP contribution in [0.2, 0.25) is 0 Å². The fourth-order valence-electron chi connectivity index (χ4n) is 3.69. The van der Waals surface area contributed by atoms with E-state index in [1.54, 1.807) is 62.7 Å². The van der Waals surface area contributed by atoms with Gasteiger partial charge in [0.25, 0.3) is 0 Å². The maximum atomic E-state index is 13.8. The molecule has 214 valence electrons. The molecule has 2 aromatic heterocycles. The van der Waals surface area contributed by atoms with Crippen LogP contribution in [0.5, 0.6) is 5.75 Å². The van der Waals surface area contributed by atoms with Gasteiger partial charge in [-0.3, -0.25) is 9.32 Å². The van der Waals surface area contributed by atoms with E-state index in [9.17, 15) is 14.5 Å². The van der Waals surface area contributed by atoms with Crippen molar-refractivity contribution in [2.24, 2.45) is 0 Å². The number of hydrogen-bond donors (Lipinski definition) is 4. The summed E-state index contributed by atoms with van der Waals surface area (Å²) in [6, 6.07) is 6.72. The highest BCUT2D eigenvalue weighted by atomic mass is 31.2. The summed E-state index contributed by atoms with van der Waals surface area (Å²) in [4.78, 5) is 25.1. The third-order valence-electron chi connectivity index (χ3n) is 5.73. The van der Waals surface area contributed by atoms with Crippen molar-refractivity contribution in [1.82, 2.24) is 24.6 Å². The second-order valence-electron chi connectivity index (χ2n) is 9.04. The van der Waals surface area contributed by atoms with Crippen LogP contribution in [-0.4, -0.2) is 75.7 Å². The number of carbonyl (C=O) groups is 1. The molecule has 0 amide bonds. The number of nitrogens with one attached hydrogen (secondary N) is 2. The Balaban J connectivity index is 1.80. The first kappa shape index (κ1) is 30.3. The van der Waals surface area contributed by atoms with Gasteiger partial charge in [0.1, 0.15) is 24.0 Å². The number of esters is 1. The third kappa shape index (κ3) is 7.64. The molecule has 0 saturated heterocycles. The van der Waals surface area contributed by atoms with Crippen LogP contribution in [0.4, 0.5) is 11.8 Å². The minimum Gasteiger partial charge on any atom is -0.462 e. The highest BCUT2D eigenvalue weighted by Gasteiger charge is 2.36. The first-order chi connectivity index (χ1) is 18.5. The molecule has 0 saturated carbocycles. The van der Waals surface area contributed by atoms with Crippen molar-refractivity contribution in [3.05, 3.63) is 36.7 Å². The summed E-state index contributed by atoms with van der Waals surface area (Å²) >= 11 is 0. The molecule has 5 N–H and O–H groups in total. The number of carbonyl (C=O) groups excluding carboxylic acids is 1. The smallest absolute Gasteiger partial charge is 0.459 e. The predicted molar refractivity (Wildman–Crippen MR) is 145 cm³/mol. The molecule has 39 heavy (non-hydrogen) atoms. The quantitative estimate of drug-likeness (QED) is 0.165. The number of imidazole rings is 1. The zero-order valence-electron chi connectivity index (χ0n) is 22.8. The number of nitrogen functional groups attached to an aromatic ring is 1. The molecule has 14 nitrogen and oxygen atoms in total. The van der Waals surface area contributed by atoms with Crippen LogP contribution in [0, 0.1) is 0 Å². The van der Waals surface area contributed by atoms with E-state index in [2.05, 4.69) is 25.4 Å². The standard InChI is InChI=1S/C24H36N7O7P/c1-14(2)37-23(33)15(3)30-39(34,38-17-10-8-7-9-11-17)36-12-18(35-6)20(32)16(4)31-13-27-19-21(26-5)28-24(25)29-22(19)31/h7-11,13-16,18,20,32H,12H2,1-6H3,(H,30,34)(H3,25,26,28,29)/t15-,16+,18?,20+,39?/m1/s1. The molecule has 3 aromatic rings. The Morgan fingerprint density at radius 2 is 1.87 bits per heavy atom. The fraction of sp³-hybridized carbons (Fsp3) is 0.500. The number of nitrogens with zero attached hydrogens (tertiary/aromatic N) is 4. The SMILES string of the molecule is CNc1nc(N)nc2c1ncn2[C@@H](C)[C@H](O)C(COP(=O)(N[C@H](C)C(=O)OC(C)C)Oc1ccccc1)OC. The van der Waals surface area contributed by atoms with Crippen molar-refractivity contribution in [3.63, 3.8) is 0 Å². The summed E-state index contributed by atoms with van der Waals surface area (Å²) in [5, 5.41) is 16.7. The Kier molecular flexibility index (Phi) is 10.2. The molecule has 0 fully saturated rings. The first-order valence-electron chi connectivity index (χ1n) is 12.3. The van der Waals surface area contributed by atoms with Crippen LogP contribution in [-0.2, 0) is 23.4 Å². The van der Waals surface area contributed by atoms with E-state index in [-0.39, 0.29) is 24.4 Å². The highest BCUT2D eigenvalue weighted by molar-refractivity contribution is 7.52. The first-order valence-corrected chi connectivity index (χ1v) is 13.9. The predicted octanol–water partition coefficient (Wildman–Crippen LogP) is 2.52. The third-order valence-corrected chi connectivity index (χ3v) is 7.37. The lowest BCUT2D eigenvalue weighted by Crippen LogP contribution is -2.40. The van der Waals surface area contributed by atoms with E-state index < -0.39 is 38.0 Å². The number of nitrogens with two attached hydrogens (primary N) is 1. The molecular formula is C24H36N7O7P. The Bertz CT molecular complexity index is 1290. The molecular weight excluding hydrogens is 529 g/mol. The van der Waals surface area contributed by atoms with E-state index in [1.807, 2.05) is 0 Å². The summed E-state index contributed by atoms with van der Waals surface area (Å²) in [6.45, 7) is 6.28. The summed E-state index contributed by atoms with van der Waals surface area (Å²) in [5.41, 5.74) is 6.73. The average Bonchev–Trinajstić information content (AvgIpc) is 3.31. The number of para-hydroxylation sites is 1. The fourth-order valence-corrected chi connectivity index (χ4v) is 5.20. The van der Waals surface area contributed by atoms with Gasteiger partial charge in [0.15, 0.2) is 17.0 Å². The molecule has 1 aromatic carbocycles.